The van der Waals surface area contributed by atoms with Gasteiger partial charge < -0.3 is 19.9 Å². The molecule has 19 heavy (non-hydrogen) atoms. The molecule has 4 nitrogen and oxygen atoms in total. The molecule has 2 saturated heterocycles. The van der Waals surface area contributed by atoms with E-state index in [0.717, 1.165) is 57.8 Å². The summed E-state index contributed by atoms with van der Waals surface area (Å²) < 4.78 is 18.0. The standard InChI is InChI=1S/C15H27NO3/c1-12-2-4-14(8-12,10-16)19-13-3-6-18-15(9-13)5-7-17-11-15/h12-13H,2-11,16H2,1H3. The number of hydrogen-bond donors (Lipinski definition) is 1. The van der Waals surface area contributed by atoms with E-state index in [9.17, 15) is 0 Å². The molecule has 0 amide bonds. The molecule has 2 heterocycles. The molecule has 3 aliphatic rings. The lowest BCUT2D eigenvalue weighted by molar-refractivity contribution is -0.171. The third kappa shape index (κ3) is 2.82. The Labute approximate surface area is 116 Å². The lowest BCUT2D eigenvalue weighted by atomic mass is 9.90. The van der Waals surface area contributed by atoms with Crippen LogP contribution in [0.4, 0.5) is 0 Å². The Balaban J connectivity index is 1.62. The first-order valence-corrected chi connectivity index (χ1v) is 7.75. The molecule has 1 saturated carbocycles. The molecule has 110 valence electrons. The summed E-state index contributed by atoms with van der Waals surface area (Å²) in [5, 5.41) is 0. The van der Waals surface area contributed by atoms with Crippen molar-refractivity contribution in [1.29, 1.82) is 0 Å². The minimum absolute atomic E-state index is 0.0665. The monoisotopic (exact) mass is 269 g/mol. The topological polar surface area (TPSA) is 53.7 Å². The molecule has 4 atom stereocenters. The number of ether oxygens (including phenoxy) is 3. The van der Waals surface area contributed by atoms with Gasteiger partial charge in [0.05, 0.1) is 23.9 Å². The highest BCUT2D eigenvalue weighted by atomic mass is 16.6. The molecule has 0 bridgehead atoms. The summed E-state index contributed by atoms with van der Waals surface area (Å²) in [5.74, 6) is 0.743. The summed E-state index contributed by atoms with van der Waals surface area (Å²) >= 11 is 0. The second kappa shape index (κ2) is 5.32. The molecule has 0 aromatic heterocycles. The van der Waals surface area contributed by atoms with Crippen molar-refractivity contribution < 1.29 is 14.2 Å². The zero-order valence-corrected chi connectivity index (χ0v) is 12.0. The first kappa shape index (κ1) is 13.8. The quantitative estimate of drug-likeness (QED) is 0.849. The molecule has 0 aromatic rings. The van der Waals surface area contributed by atoms with Crippen LogP contribution in [0.5, 0.6) is 0 Å². The van der Waals surface area contributed by atoms with Gasteiger partial charge in [0, 0.05) is 32.6 Å². The van der Waals surface area contributed by atoms with Crippen LogP contribution in [0.3, 0.4) is 0 Å². The lowest BCUT2D eigenvalue weighted by Gasteiger charge is -2.41. The van der Waals surface area contributed by atoms with Crippen LogP contribution >= 0.6 is 0 Å². The predicted octanol–water partition coefficient (Wildman–Crippen LogP) is 1.86. The van der Waals surface area contributed by atoms with Crippen molar-refractivity contribution in [3.8, 4) is 0 Å². The first-order valence-electron chi connectivity index (χ1n) is 7.75. The summed E-state index contributed by atoms with van der Waals surface area (Å²) in [6.07, 6.45) is 6.76. The van der Waals surface area contributed by atoms with E-state index >= 15 is 0 Å². The summed E-state index contributed by atoms with van der Waals surface area (Å²) in [6, 6.07) is 0. The van der Waals surface area contributed by atoms with Crippen LogP contribution < -0.4 is 5.73 Å². The van der Waals surface area contributed by atoms with Crippen molar-refractivity contribution in [2.45, 2.75) is 62.8 Å². The molecule has 3 rings (SSSR count). The Bertz CT molecular complexity index is 317. The number of hydrogen-bond acceptors (Lipinski definition) is 4. The van der Waals surface area contributed by atoms with E-state index in [0.29, 0.717) is 12.6 Å². The summed E-state index contributed by atoms with van der Waals surface area (Å²) in [7, 11) is 0. The largest absolute Gasteiger partial charge is 0.378 e. The van der Waals surface area contributed by atoms with Gasteiger partial charge in [0.25, 0.3) is 0 Å². The third-order valence-electron chi connectivity index (χ3n) is 5.12. The highest BCUT2D eigenvalue weighted by Crippen LogP contribution is 2.41. The van der Waals surface area contributed by atoms with Crippen LogP contribution in [-0.4, -0.2) is 43.7 Å². The van der Waals surface area contributed by atoms with E-state index in [4.69, 9.17) is 19.9 Å². The highest BCUT2D eigenvalue weighted by molar-refractivity contribution is 4.95. The Hall–Kier alpha value is -0.160. The maximum Gasteiger partial charge on any atom is 0.0961 e. The third-order valence-corrected chi connectivity index (χ3v) is 5.12. The fraction of sp³-hybridized carbons (Fsp3) is 1.00. The van der Waals surface area contributed by atoms with Crippen LogP contribution in [0, 0.1) is 5.92 Å². The van der Waals surface area contributed by atoms with Gasteiger partial charge >= 0.3 is 0 Å². The minimum atomic E-state index is -0.0674. The van der Waals surface area contributed by atoms with E-state index < -0.39 is 0 Å². The van der Waals surface area contributed by atoms with Gasteiger partial charge in [-0.1, -0.05) is 6.92 Å². The van der Waals surface area contributed by atoms with Gasteiger partial charge in [0.15, 0.2) is 0 Å². The Morgan fingerprint density at radius 2 is 2.11 bits per heavy atom. The van der Waals surface area contributed by atoms with Crippen LogP contribution in [-0.2, 0) is 14.2 Å². The molecule has 2 N–H and O–H groups in total. The van der Waals surface area contributed by atoms with Gasteiger partial charge in [-0.25, -0.2) is 0 Å². The van der Waals surface area contributed by atoms with Crippen LogP contribution in [0.2, 0.25) is 0 Å². The molecule has 4 unspecified atom stereocenters. The Kier molecular flexibility index (Phi) is 3.87. The average Bonchev–Trinajstić information content (AvgIpc) is 2.98. The molecule has 1 aliphatic carbocycles. The molecule has 1 spiro atoms. The van der Waals surface area contributed by atoms with Gasteiger partial charge in [-0.15, -0.1) is 0 Å². The van der Waals surface area contributed by atoms with Crippen molar-refractivity contribution in [2.75, 3.05) is 26.4 Å². The van der Waals surface area contributed by atoms with Crippen molar-refractivity contribution in [2.24, 2.45) is 11.7 Å². The summed E-state index contributed by atoms with van der Waals surface area (Å²) in [4.78, 5) is 0. The van der Waals surface area contributed by atoms with E-state index in [2.05, 4.69) is 6.92 Å². The second-order valence-corrected chi connectivity index (χ2v) is 6.80. The zero-order valence-electron chi connectivity index (χ0n) is 12.0. The lowest BCUT2D eigenvalue weighted by Crippen LogP contribution is -2.48. The normalized spacial score (nSPS) is 47.1. The van der Waals surface area contributed by atoms with E-state index in [1.807, 2.05) is 0 Å². The van der Waals surface area contributed by atoms with Gasteiger partial charge in [-0.2, -0.15) is 0 Å². The number of nitrogens with two attached hydrogens (primary N) is 1. The molecular weight excluding hydrogens is 242 g/mol. The van der Waals surface area contributed by atoms with Crippen LogP contribution in [0.15, 0.2) is 0 Å². The Morgan fingerprint density at radius 1 is 1.21 bits per heavy atom. The fourth-order valence-corrected chi connectivity index (χ4v) is 3.99. The van der Waals surface area contributed by atoms with Crippen LogP contribution in [0.1, 0.15) is 45.4 Å². The maximum atomic E-state index is 6.49. The zero-order chi connectivity index (χ0) is 13.3. The van der Waals surface area contributed by atoms with Crippen LogP contribution in [0.25, 0.3) is 0 Å². The molecular formula is C15H27NO3. The highest BCUT2D eigenvalue weighted by Gasteiger charge is 2.45. The van der Waals surface area contributed by atoms with E-state index in [1.165, 1.54) is 6.42 Å². The summed E-state index contributed by atoms with van der Waals surface area (Å²) in [6.45, 7) is 5.31. The van der Waals surface area contributed by atoms with Gasteiger partial charge in [0.2, 0.25) is 0 Å². The molecule has 3 fully saturated rings. The van der Waals surface area contributed by atoms with Gasteiger partial charge in [-0.05, 0) is 31.6 Å². The SMILES string of the molecule is CC1CCC(CN)(OC2CCOC3(CCOC3)C2)C1. The maximum absolute atomic E-state index is 6.49. The molecule has 4 heteroatoms. The molecule has 0 aromatic carbocycles. The molecule has 0 radical (unpaired) electrons. The first-order chi connectivity index (χ1) is 9.15. The van der Waals surface area contributed by atoms with Crippen molar-refractivity contribution in [3.05, 3.63) is 0 Å². The summed E-state index contributed by atoms with van der Waals surface area (Å²) in [5.41, 5.74) is 5.88. The fourth-order valence-electron chi connectivity index (χ4n) is 3.99. The number of rotatable bonds is 3. The molecule has 2 aliphatic heterocycles. The Morgan fingerprint density at radius 3 is 2.74 bits per heavy atom. The predicted molar refractivity (Wildman–Crippen MR) is 73.0 cm³/mol. The van der Waals surface area contributed by atoms with Crippen molar-refractivity contribution in [3.63, 3.8) is 0 Å². The average molecular weight is 269 g/mol. The van der Waals surface area contributed by atoms with Gasteiger partial charge in [0.1, 0.15) is 0 Å². The van der Waals surface area contributed by atoms with E-state index in [1.54, 1.807) is 0 Å². The second-order valence-electron chi connectivity index (χ2n) is 6.80. The van der Waals surface area contributed by atoms with Crippen molar-refractivity contribution >= 4 is 0 Å². The van der Waals surface area contributed by atoms with Crippen molar-refractivity contribution in [1.82, 2.24) is 0 Å². The smallest absolute Gasteiger partial charge is 0.0961 e. The van der Waals surface area contributed by atoms with Gasteiger partial charge in [-0.3, -0.25) is 0 Å². The minimum Gasteiger partial charge on any atom is -0.378 e. The van der Waals surface area contributed by atoms with E-state index in [-0.39, 0.29) is 11.2 Å².